The van der Waals surface area contributed by atoms with Gasteiger partial charge in [-0.25, -0.2) is 22.9 Å². The van der Waals surface area contributed by atoms with Crippen LogP contribution in [0.4, 0.5) is 5.69 Å². The van der Waals surface area contributed by atoms with Crippen LogP contribution in [0.25, 0.3) is 11.0 Å². The number of carbonyl (C=O) groups is 1. The van der Waals surface area contributed by atoms with Gasteiger partial charge in [-0.2, -0.15) is 5.10 Å². The fourth-order valence-corrected chi connectivity index (χ4v) is 5.68. The second kappa shape index (κ2) is 10.3. The number of nitrogens with one attached hydrogen (secondary N) is 1. The van der Waals surface area contributed by atoms with E-state index in [1.807, 2.05) is 30.3 Å². The predicted molar refractivity (Wildman–Crippen MR) is 141 cm³/mol. The molecule has 0 spiro atoms. The van der Waals surface area contributed by atoms with Crippen molar-refractivity contribution in [2.24, 2.45) is 0 Å². The second-order valence-electron chi connectivity index (χ2n) is 8.41. The molecule has 11 heteroatoms. The van der Waals surface area contributed by atoms with Crippen LogP contribution in [0, 0.1) is 0 Å². The lowest BCUT2D eigenvalue weighted by Crippen LogP contribution is -2.23. The molecule has 5 aromatic rings. The molecule has 2 N–H and O–H groups in total. The summed E-state index contributed by atoms with van der Waals surface area (Å²) in [7, 11) is -2.59. The zero-order valence-corrected chi connectivity index (χ0v) is 21.0. The Hall–Kier alpha value is -4.77. The molecule has 10 nitrogen and oxygen atoms in total. The van der Waals surface area contributed by atoms with Gasteiger partial charge >= 0.3 is 5.97 Å². The Morgan fingerprint density at radius 2 is 1.79 bits per heavy atom. The number of carboxylic acids is 1. The minimum Gasteiger partial charge on any atom is -0.497 e. The number of sulfone groups is 1. The maximum Gasteiger partial charge on any atom is 0.339 e. The Morgan fingerprint density at radius 3 is 2.45 bits per heavy atom. The van der Waals surface area contributed by atoms with E-state index in [4.69, 9.17) is 4.74 Å². The summed E-state index contributed by atoms with van der Waals surface area (Å²) in [5, 5.41) is 16.4. The number of hydrogen-bond donors (Lipinski definition) is 2. The fourth-order valence-electron chi connectivity index (χ4n) is 4.12. The van der Waals surface area contributed by atoms with Crippen molar-refractivity contribution >= 4 is 32.5 Å². The van der Waals surface area contributed by atoms with Crippen molar-refractivity contribution in [1.82, 2.24) is 19.7 Å². The monoisotopic (exact) mass is 529 g/mol. The number of fused-ring (bicyclic) bond motifs is 1. The largest absolute Gasteiger partial charge is 0.497 e. The molecule has 2 aromatic carbocycles. The van der Waals surface area contributed by atoms with E-state index in [0.717, 1.165) is 5.56 Å². The molecule has 0 amide bonds. The first-order chi connectivity index (χ1) is 18.4. The minimum absolute atomic E-state index is 0.0293. The van der Waals surface area contributed by atoms with E-state index in [9.17, 15) is 18.3 Å². The third-order valence-electron chi connectivity index (χ3n) is 6.03. The number of ether oxygens (including phenoxy) is 1. The number of anilines is 1. The van der Waals surface area contributed by atoms with Crippen molar-refractivity contribution in [3.05, 3.63) is 108 Å². The van der Waals surface area contributed by atoms with E-state index in [2.05, 4.69) is 20.4 Å². The zero-order valence-electron chi connectivity index (χ0n) is 20.2. The Balaban J connectivity index is 1.63. The van der Waals surface area contributed by atoms with Crippen LogP contribution >= 0.6 is 0 Å². The highest BCUT2D eigenvalue weighted by molar-refractivity contribution is 7.91. The van der Waals surface area contributed by atoms with Crippen LogP contribution in [0.2, 0.25) is 0 Å². The van der Waals surface area contributed by atoms with E-state index in [0.29, 0.717) is 28.9 Å². The van der Waals surface area contributed by atoms with Crippen molar-refractivity contribution in [3.63, 3.8) is 0 Å². The maximum absolute atomic E-state index is 13.9. The number of pyridine rings is 2. The molecule has 0 saturated carbocycles. The lowest BCUT2D eigenvalue weighted by atomic mass is 10.1. The second-order valence-corrected chi connectivity index (χ2v) is 10.4. The van der Waals surface area contributed by atoms with Gasteiger partial charge < -0.3 is 15.2 Å². The van der Waals surface area contributed by atoms with Gasteiger partial charge in [0, 0.05) is 24.2 Å². The van der Waals surface area contributed by atoms with Crippen molar-refractivity contribution in [3.8, 4) is 5.75 Å². The van der Waals surface area contributed by atoms with Gasteiger partial charge in [0.2, 0.25) is 9.84 Å². The number of benzene rings is 2. The summed E-state index contributed by atoms with van der Waals surface area (Å²) in [6.45, 7) is 0.402. The highest BCUT2D eigenvalue weighted by Gasteiger charge is 2.32. The summed E-state index contributed by atoms with van der Waals surface area (Å²) in [6.07, 6.45) is 5.65. The topological polar surface area (TPSA) is 136 Å². The molecular formula is C27H23N5O5S. The number of aromatic nitrogens is 4. The molecule has 1 unspecified atom stereocenters. The molecule has 0 fully saturated rings. The predicted octanol–water partition coefficient (Wildman–Crippen LogP) is 4.17. The van der Waals surface area contributed by atoms with Crippen LogP contribution < -0.4 is 10.1 Å². The molecule has 0 bridgehead atoms. The van der Waals surface area contributed by atoms with E-state index in [1.165, 1.54) is 44.0 Å². The molecule has 5 rings (SSSR count). The molecule has 192 valence electrons. The lowest BCUT2D eigenvalue weighted by molar-refractivity contribution is 0.0697. The van der Waals surface area contributed by atoms with E-state index in [1.54, 1.807) is 28.9 Å². The molecule has 0 aliphatic rings. The van der Waals surface area contributed by atoms with Crippen molar-refractivity contribution in [2.45, 2.75) is 16.8 Å². The number of carboxylic acid groups (broad SMARTS) is 1. The average Bonchev–Trinajstić information content (AvgIpc) is 3.35. The van der Waals surface area contributed by atoms with E-state index in [-0.39, 0.29) is 16.1 Å². The van der Waals surface area contributed by atoms with Crippen LogP contribution in [0.15, 0.2) is 96.4 Å². The standard InChI is InChI=1S/C27H23N5O5S/c1-37-20-9-11-21(12-10-20)38(35,36)26(19-8-5-13-28-14-19)31-24-22-16-30-32(17-18-6-3-2-4-7-18)25(22)29-15-23(24)27(33)34/h2-16,26H,17H2,1H3,(H,29,31)(H,33,34). The minimum atomic E-state index is -4.08. The van der Waals surface area contributed by atoms with Crippen LogP contribution in [0.1, 0.15) is 26.9 Å². The van der Waals surface area contributed by atoms with Crippen LogP contribution in [0.3, 0.4) is 0 Å². The summed E-state index contributed by atoms with van der Waals surface area (Å²) >= 11 is 0. The number of methoxy groups -OCH3 is 1. The first-order valence-corrected chi connectivity index (χ1v) is 13.1. The molecule has 0 aliphatic carbocycles. The van der Waals surface area contributed by atoms with Crippen molar-refractivity contribution in [2.75, 3.05) is 12.4 Å². The van der Waals surface area contributed by atoms with Crippen molar-refractivity contribution in [1.29, 1.82) is 0 Å². The van der Waals surface area contributed by atoms with Crippen LogP contribution in [-0.4, -0.2) is 46.4 Å². The number of nitrogens with zero attached hydrogens (tertiary/aromatic N) is 4. The molecule has 0 saturated heterocycles. The SMILES string of the molecule is COc1ccc(S(=O)(=O)C(Nc2c(C(=O)O)cnc3c2cnn3Cc2ccccc2)c2cccnc2)cc1. The molecule has 1 atom stereocenters. The van der Waals surface area contributed by atoms with Gasteiger partial charge in [-0.15, -0.1) is 0 Å². The third kappa shape index (κ3) is 4.78. The summed E-state index contributed by atoms with van der Waals surface area (Å²) in [4.78, 5) is 20.6. The summed E-state index contributed by atoms with van der Waals surface area (Å²) in [5.74, 6) is -0.755. The fraction of sp³-hybridized carbons (Fsp3) is 0.111. The van der Waals surface area contributed by atoms with E-state index >= 15 is 0 Å². The lowest BCUT2D eigenvalue weighted by Gasteiger charge is -2.22. The van der Waals surface area contributed by atoms with Gasteiger partial charge in [0.15, 0.2) is 11.0 Å². The van der Waals surface area contributed by atoms with Gasteiger partial charge in [-0.05, 0) is 35.9 Å². The first kappa shape index (κ1) is 24.9. The maximum atomic E-state index is 13.9. The van der Waals surface area contributed by atoms with E-state index < -0.39 is 21.2 Å². The summed E-state index contributed by atoms with van der Waals surface area (Å²) in [5.41, 5.74) is 1.63. The number of aromatic carboxylic acids is 1. The molecular weight excluding hydrogens is 506 g/mol. The summed E-state index contributed by atoms with van der Waals surface area (Å²) < 4.78 is 34.6. The first-order valence-electron chi connectivity index (χ1n) is 11.5. The number of hydrogen-bond acceptors (Lipinski definition) is 8. The average molecular weight is 530 g/mol. The summed E-state index contributed by atoms with van der Waals surface area (Å²) in [6, 6.07) is 18.8. The quantitative estimate of drug-likeness (QED) is 0.288. The zero-order chi connectivity index (χ0) is 26.7. The molecule has 0 aliphatic heterocycles. The third-order valence-corrected chi connectivity index (χ3v) is 7.97. The Kier molecular flexibility index (Phi) is 6.75. The normalized spacial score (nSPS) is 12.2. The van der Waals surface area contributed by atoms with Gasteiger partial charge in [-0.3, -0.25) is 4.98 Å². The highest BCUT2D eigenvalue weighted by atomic mass is 32.2. The Morgan fingerprint density at radius 1 is 1.03 bits per heavy atom. The Bertz CT molecular complexity index is 1690. The van der Waals surface area contributed by atoms with Crippen molar-refractivity contribution < 1.29 is 23.1 Å². The van der Waals surface area contributed by atoms with Gasteiger partial charge in [0.1, 0.15) is 11.3 Å². The van der Waals surface area contributed by atoms with Crippen LogP contribution in [0.5, 0.6) is 5.75 Å². The molecule has 3 heterocycles. The van der Waals surface area contributed by atoms with Crippen LogP contribution in [-0.2, 0) is 16.4 Å². The van der Waals surface area contributed by atoms with Gasteiger partial charge in [0.05, 0.1) is 35.8 Å². The van der Waals surface area contributed by atoms with Gasteiger partial charge in [-0.1, -0.05) is 36.4 Å². The molecule has 38 heavy (non-hydrogen) atoms. The molecule has 0 radical (unpaired) electrons. The molecule has 3 aromatic heterocycles. The highest BCUT2D eigenvalue weighted by Crippen LogP contribution is 2.35. The van der Waals surface area contributed by atoms with Gasteiger partial charge in [0.25, 0.3) is 0 Å². The Labute approximate surface area is 218 Å². The smallest absolute Gasteiger partial charge is 0.339 e. The number of rotatable bonds is 9.